The number of nitrogens with zero attached hydrogens (tertiary/aromatic N) is 2. The number of amides is 1. The average molecular weight is 404 g/mol. The number of nitrogens with one attached hydrogen (secondary N) is 1. The van der Waals surface area contributed by atoms with Crippen LogP contribution in [0.4, 0.5) is 0 Å². The molecule has 1 N–H and O–H groups in total. The Balaban J connectivity index is 1.62. The standard InChI is InChI=1S/C24H22ClN3O/c1-17(26-23(29)15-18-9-3-2-4-10-18)24-27-21-13-7-8-14-22(21)28(24)16-19-11-5-6-12-20(19)25/h2-14,17H,15-16H2,1H3,(H,26,29). The number of halogens is 1. The molecule has 4 nitrogen and oxygen atoms in total. The van der Waals surface area contributed by atoms with Gasteiger partial charge < -0.3 is 9.88 Å². The lowest BCUT2D eigenvalue weighted by Crippen LogP contribution is -2.30. The molecule has 146 valence electrons. The van der Waals surface area contributed by atoms with Crippen LogP contribution in [0.2, 0.25) is 5.02 Å². The van der Waals surface area contributed by atoms with Crippen LogP contribution in [0.3, 0.4) is 0 Å². The zero-order valence-corrected chi connectivity index (χ0v) is 16.9. The molecule has 1 aromatic heterocycles. The summed E-state index contributed by atoms with van der Waals surface area (Å²) in [5, 5.41) is 3.81. The van der Waals surface area contributed by atoms with Crippen LogP contribution in [0.1, 0.15) is 29.9 Å². The molecule has 3 aromatic carbocycles. The molecule has 1 amide bonds. The lowest BCUT2D eigenvalue weighted by atomic mass is 10.1. The molecule has 0 saturated carbocycles. The van der Waals surface area contributed by atoms with E-state index in [0.29, 0.717) is 13.0 Å². The number of carbonyl (C=O) groups is 1. The molecule has 0 bridgehead atoms. The Labute approximate surface area is 175 Å². The summed E-state index contributed by atoms with van der Waals surface area (Å²) in [6.07, 6.45) is 0.343. The number of fused-ring (bicyclic) bond motifs is 1. The van der Waals surface area contributed by atoms with Crippen molar-refractivity contribution < 1.29 is 4.79 Å². The summed E-state index contributed by atoms with van der Waals surface area (Å²) in [4.78, 5) is 17.4. The van der Waals surface area contributed by atoms with Gasteiger partial charge in [-0.05, 0) is 36.2 Å². The third kappa shape index (κ3) is 4.33. The molecule has 0 aliphatic rings. The monoisotopic (exact) mass is 403 g/mol. The van der Waals surface area contributed by atoms with Gasteiger partial charge in [-0.1, -0.05) is 72.3 Å². The number of para-hydroxylation sites is 2. The van der Waals surface area contributed by atoms with E-state index in [1.165, 1.54) is 0 Å². The van der Waals surface area contributed by atoms with Crippen LogP contribution in [0.15, 0.2) is 78.9 Å². The van der Waals surface area contributed by atoms with E-state index < -0.39 is 0 Å². The van der Waals surface area contributed by atoms with Gasteiger partial charge in [0.2, 0.25) is 5.91 Å². The van der Waals surface area contributed by atoms with Gasteiger partial charge >= 0.3 is 0 Å². The van der Waals surface area contributed by atoms with Crippen molar-refractivity contribution in [1.29, 1.82) is 0 Å². The lowest BCUT2D eigenvalue weighted by Gasteiger charge is -2.17. The van der Waals surface area contributed by atoms with Crippen molar-refractivity contribution in [2.45, 2.75) is 25.9 Å². The molecule has 0 radical (unpaired) electrons. The highest BCUT2D eigenvalue weighted by Gasteiger charge is 2.19. The number of hydrogen-bond donors (Lipinski definition) is 1. The minimum absolute atomic E-state index is 0.0277. The molecule has 4 rings (SSSR count). The zero-order valence-electron chi connectivity index (χ0n) is 16.2. The Morgan fingerprint density at radius 1 is 1.00 bits per heavy atom. The van der Waals surface area contributed by atoms with E-state index in [1.54, 1.807) is 0 Å². The fourth-order valence-corrected chi connectivity index (χ4v) is 3.72. The molecule has 1 unspecified atom stereocenters. The molecule has 0 fully saturated rings. The first-order valence-corrected chi connectivity index (χ1v) is 10.0. The quantitative estimate of drug-likeness (QED) is 0.483. The SMILES string of the molecule is CC(NC(=O)Cc1ccccc1)c1nc2ccccc2n1Cc1ccccc1Cl. The first-order chi connectivity index (χ1) is 14.1. The molecular formula is C24H22ClN3O. The number of hydrogen-bond acceptors (Lipinski definition) is 2. The molecule has 4 aromatic rings. The second-order valence-electron chi connectivity index (χ2n) is 7.09. The van der Waals surface area contributed by atoms with Gasteiger partial charge in [-0.15, -0.1) is 0 Å². The van der Waals surface area contributed by atoms with Gasteiger partial charge in [-0.2, -0.15) is 0 Å². The maximum Gasteiger partial charge on any atom is 0.224 e. The third-order valence-corrected chi connectivity index (χ3v) is 5.31. The lowest BCUT2D eigenvalue weighted by molar-refractivity contribution is -0.121. The maximum atomic E-state index is 12.6. The van der Waals surface area contributed by atoms with Gasteiger partial charge in [0.15, 0.2) is 0 Å². The maximum absolute atomic E-state index is 12.6. The van der Waals surface area contributed by atoms with E-state index in [4.69, 9.17) is 16.6 Å². The highest BCUT2D eigenvalue weighted by Crippen LogP contribution is 2.24. The first-order valence-electron chi connectivity index (χ1n) is 9.63. The largest absolute Gasteiger partial charge is 0.346 e. The first kappa shape index (κ1) is 19.2. The van der Waals surface area contributed by atoms with Crippen LogP contribution in [-0.4, -0.2) is 15.5 Å². The molecule has 0 spiro atoms. The van der Waals surface area contributed by atoms with E-state index in [2.05, 4.69) is 9.88 Å². The van der Waals surface area contributed by atoms with E-state index in [1.807, 2.05) is 85.8 Å². The summed E-state index contributed by atoms with van der Waals surface area (Å²) in [7, 11) is 0. The third-order valence-electron chi connectivity index (χ3n) is 4.94. The van der Waals surface area contributed by atoms with Crippen molar-refractivity contribution >= 4 is 28.5 Å². The van der Waals surface area contributed by atoms with E-state index in [0.717, 1.165) is 33.0 Å². The van der Waals surface area contributed by atoms with Crippen LogP contribution in [-0.2, 0) is 17.8 Å². The van der Waals surface area contributed by atoms with Gasteiger partial charge in [-0.3, -0.25) is 4.79 Å². The van der Waals surface area contributed by atoms with Crippen LogP contribution in [0.5, 0.6) is 0 Å². The highest BCUT2D eigenvalue weighted by molar-refractivity contribution is 6.31. The average Bonchev–Trinajstić information content (AvgIpc) is 3.09. The van der Waals surface area contributed by atoms with Crippen molar-refractivity contribution in [1.82, 2.24) is 14.9 Å². The highest BCUT2D eigenvalue weighted by atomic mass is 35.5. The predicted molar refractivity (Wildman–Crippen MR) is 117 cm³/mol. The van der Waals surface area contributed by atoms with Crippen molar-refractivity contribution in [2.24, 2.45) is 0 Å². The van der Waals surface area contributed by atoms with Crippen LogP contribution in [0.25, 0.3) is 11.0 Å². The number of imidazole rings is 1. The van der Waals surface area contributed by atoms with Gasteiger partial charge in [0.05, 0.1) is 30.0 Å². The number of rotatable bonds is 6. The summed E-state index contributed by atoms with van der Waals surface area (Å²) < 4.78 is 2.13. The van der Waals surface area contributed by atoms with Crippen molar-refractivity contribution in [2.75, 3.05) is 0 Å². The topological polar surface area (TPSA) is 46.9 Å². The van der Waals surface area contributed by atoms with E-state index >= 15 is 0 Å². The van der Waals surface area contributed by atoms with Gasteiger partial charge in [0, 0.05) is 5.02 Å². The zero-order chi connectivity index (χ0) is 20.2. The summed E-state index contributed by atoms with van der Waals surface area (Å²) in [6, 6.07) is 25.3. The molecule has 0 saturated heterocycles. The number of aromatic nitrogens is 2. The minimum atomic E-state index is -0.235. The molecule has 1 heterocycles. The molecule has 1 atom stereocenters. The van der Waals surface area contributed by atoms with Gasteiger partial charge in [0.1, 0.15) is 5.82 Å². The Morgan fingerprint density at radius 2 is 1.69 bits per heavy atom. The fourth-order valence-electron chi connectivity index (χ4n) is 3.53. The Morgan fingerprint density at radius 3 is 2.48 bits per heavy atom. The Kier molecular flexibility index (Phi) is 5.63. The van der Waals surface area contributed by atoms with Crippen molar-refractivity contribution in [3.8, 4) is 0 Å². The second-order valence-corrected chi connectivity index (χ2v) is 7.50. The molecule has 0 aliphatic heterocycles. The minimum Gasteiger partial charge on any atom is -0.346 e. The number of benzene rings is 3. The van der Waals surface area contributed by atoms with Crippen molar-refractivity contribution in [3.05, 3.63) is 101 Å². The summed E-state index contributed by atoms with van der Waals surface area (Å²) in [5.41, 5.74) is 3.92. The Bertz CT molecular complexity index is 1140. The Hall–Kier alpha value is -3.11. The summed E-state index contributed by atoms with van der Waals surface area (Å²) in [5.74, 6) is 0.785. The summed E-state index contributed by atoms with van der Waals surface area (Å²) in [6.45, 7) is 2.56. The van der Waals surface area contributed by atoms with Gasteiger partial charge in [0.25, 0.3) is 0 Å². The molecule has 5 heteroatoms. The van der Waals surface area contributed by atoms with E-state index in [9.17, 15) is 4.79 Å². The van der Waals surface area contributed by atoms with E-state index in [-0.39, 0.29) is 11.9 Å². The fraction of sp³-hybridized carbons (Fsp3) is 0.167. The second kappa shape index (κ2) is 8.50. The normalized spacial score (nSPS) is 12.1. The van der Waals surface area contributed by atoms with Crippen LogP contribution < -0.4 is 5.32 Å². The van der Waals surface area contributed by atoms with Crippen molar-refractivity contribution in [3.63, 3.8) is 0 Å². The smallest absolute Gasteiger partial charge is 0.224 e. The van der Waals surface area contributed by atoms with Crippen LogP contribution in [0, 0.1) is 0 Å². The number of carbonyl (C=O) groups excluding carboxylic acids is 1. The van der Waals surface area contributed by atoms with Gasteiger partial charge in [-0.25, -0.2) is 4.98 Å². The molecular weight excluding hydrogens is 382 g/mol. The summed E-state index contributed by atoms with van der Waals surface area (Å²) >= 11 is 6.40. The molecule has 0 aliphatic carbocycles. The molecule has 29 heavy (non-hydrogen) atoms. The predicted octanol–water partition coefficient (Wildman–Crippen LogP) is 5.16. The van der Waals surface area contributed by atoms with Crippen LogP contribution >= 0.6 is 11.6 Å².